The van der Waals surface area contributed by atoms with Gasteiger partial charge in [-0.3, -0.25) is 4.55 Å². The monoisotopic (exact) mass is 342 g/mol. The van der Waals surface area contributed by atoms with Gasteiger partial charge >= 0.3 is 10.3 Å². The molecule has 1 rings (SSSR count). The molecule has 0 heterocycles. The molecule has 0 saturated heterocycles. The molecule has 2 N–H and O–H groups in total. The van der Waals surface area contributed by atoms with E-state index in [1.54, 1.807) is 24.3 Å². The molecule has 0 saturated carbocycles. The maximum atomic E-state index is 10.6. The van der Waals surface area contributed by atoms with Gasteiger partial charge in [0, 0.05) is 13.1 Å². The van der Waals surface area contributed by atoms with Crippen LogP contribution in [0.2, 0.25) is 0 Å². The standard InChI is InChI=1S/C16H26N2O4S/c1-3-11-18(2)12-5-4-6-13-22-16-9-7-15(8-10-16)14-17-23(19,20)21/h3,7-10,17H,1,4-6,11-14H2,2H3,(H,19,20,21). The Labute approximate surface area is 139 Å². The smallest absolute Gasteiger partial charge is 0.333 e. The van der Waals surface area contributed by atoms with Gasteiger partial charge in [0.25, 0.3) is 0 Å². The minimum Gasteiger partial charge on any atom is -0.494 e. The molecular formula is C16H26N2O4S. The fraction of sp³-hybridized carbons (Fsp3) is 0.500. The topological polar surface area (TPSA) is 78.9 Å². The number of hydrogen-bond acceptors (Lipinski definition) is 4. The highest BCUT2D eigenvalue weighted by molar-refractivity contribution is 7.83. The zero-order valence-corrected chi connectivity index (χ0v) is 14.4. The fourth-order valence-electron chi connectivity index (χ4n) is 2.04. The van der Waals surface area contributed by atoms with Gasteiger partial charge in [0.1, 0.15) is 5.75 Å². The highest BCUT2D eigenvalue weighted by atomic mass is 32.2. The predicted molar refractivity (Wildman–Crippen MR) is 91.9 cm³/mol. The van der Waals surface area contributed by atoms with Crippen LogP contribution in [-0.4, -0.2) is 44.6 Å². The van der Waals surface area contributed by atoms with Gasteiger partial charge in [-0.25, -0.2) is 0 Å². The average Bonchev–Trinajstić information content (AvgIpc) is 2.49. The maximum absolute atomic E-state index is 10.6. The minimum atomic E-state index is -4.16. The van der Waals surface area contributed by atoms with E-state index in [1.807, 2.05) is 10.8 Å². The Morgan fingerprint density at radius 2 is 1.96 bits per heavy atom. The second kappa shape index (κ2) is 10.4. The molecule has 1 aromatic rings. The minimum absolute atomic E-state index is 0.0529. The van der Waals surface area contributed by atoms with Crippen LogP contribution in [-0.2, 0) is 16.8 Å². The van der Waals surface area contributed by atoms with Crippen LogP contribution in [0.3, 0.4) is 0 Å². The summed E-state index contributed by atoms with van der Waals surface area (Å²) in [5, 5.41) is 0. The Hall–Kier alpha value is -1.41. The van der Waals surface area contributed by atoms with E-state index >= 15 is 0 Å². The summed E-state index contributed by atoms with van der Waals surface area (Å²) in [7, 11) is -2.08. The number of hydrogen-bond donors (Lipinski definition) is 2. The largest absolute Gasteiger partial charge is 0.494 e. The molecule has 7 heteroatoms. The summed E-state index contributed by atoms with van der Waals surface area (Å²) in [5.74, 6) is 0.754. The van der Waals surface area contributed by atoms with Crippen LogP contribution in [0.15, 0.2) is 36.9 Å². The Balaban J connectivity index is 2.17. The zero-order chi connectivity index (χ0) is 17.1. The second-order valence-corrected chi connectivity index (χ2v) is 6.64. The van der Waals surface area contributed by atoms with E-state index in [-0.39, 0.29) is 6.54 Å². The lowest BCUT2D eigenvalue weighted by molar-refractivity contribution is 0.296. The second-order valence-electron chi connectivity index (χ2n) is 5.40. The molecule has 0 amide bonds. The Morgan fingerprint density at radius 1 is 1.26 bits per heavy atom. The number of unbranched alkanes of at least 4 members (excludes halogenated alkanes) is 2. The molecule has 0 aliphatic heterocycles. The first-order valence-electron chi connectivity index (χ1n) is 7.64. The molecule has 23 heavy (non-hydrogen) atoms. The lowest BCUT2D eigenvalue weighted by atomic mass is 10.2. The summed E-state index contributed by atoms with van der Waals surface area (Å²) in [6.45, 7) is 6.40. The SMILES string of the molecule is C=CCN(C)CCCCCOc1ccc(CNS(=O)(=O)O)cc1. The number of ether oxygens (including phenoxy) is 1. The van der Waals surface area contributed by atoms with Gasteiger partial charge in [-0.05, 0) is 50.6 Å². The number of nitrogens with one attached hydrogen (secondary N) is 1. The van der Waals surface area contributed by atoms with Crippen LogP contribution in [0.25, 0.3) is 0 Å². The van der Waals surface area contributed by atoms with Crippen LogP contribution < -0.4 is 9.46 Å². The van der Waals surface area contributed by atoms with Crippen LogP contribution in [0.1, 0.15) is 24.8 Å². The molecule has 0 atom stereocenters. The molecule has 0 unspecified atom stereocenters. The molecule has 0 aliphatic carbocycles. The Morgan fingerprint density at radius 3 is 2.57 bits per heavy atom. The van der Waals surface area contributed by atoms with E-state index in [0.717, 1.165) is 43.7 Å². The third-order valence-electron chi connectivity index (χ3n) is 3.28. The van der Waals surface area contributed by atoms with E-state index in [1.165, 1.54) is 0 Å². The summed E-state index contributed by atoms with van der Waals surface area (Å²) in [6.07, 6.45) is 5.14. The Bertz CT molecular complexity index is 558. The van der Waals surface area contributed by atoms with Crippen molar-refractivity contribution in [3.63, 3.8) is 0 Å². The third kappa shape index (κ3) is 10.1. The predicted octanol–water partition coefficient (Wildman–Crippen LogP) is 2.25. The molecule has 6 nitrogen and oxygen atoms in total. The van der Waals surface area contributed by atoms with Crippen molar-refractivity contribution >= 4 is 10.3 Å². The van der Waals surface area contributed by atoms with Gasteiger partial charge < -0.3 is 9.64 Å². The van der Waals surface area contributed by atoms with Crippen molar-refractivity contribution in [1.29, 1.82) is 0 Å². The fourth-order valence-corrected chi connectivity index (χ4v) is 2.39. The molecular weight excluding hydrogens is 316 g/mol. The molecule has 0 bridgehead atoms. The lowest BCUT2D eigenvalue weighted by Gasteiger charge is -2.13. The molecule has 0 aromatic heterocycles. The van der Waals surface area contributed by atoms with Crippen molar-refractivity contribution in [3.05, 3.63) is 42.5 Å². The van der Waals surface area contributed by atoms with Crippen LogP contribution in [0.4, 0.5) is 0 Å². The van der Waals surface area contributed by atoms with E-state index in [2.05, 4.69) is 18.5 Å². The van der Waals surface area contributed by atoms with Gasteiger partial charge in [0.2, 0.25) is 0 Å². The van der Waals surface area contributed by atoms with Crippen molar-refractivity contribution in [3.8, 4) is 5.75 Å². The van der Waals surface area contributed by atoms with Gasteiger partial charge in [0.15, 0.2) is 0 Å². The van der Waals surface area contributed by atoms with Gasteiger partial charge in [-0.15, -0.1) is 6.58 Å². The first-order valence-corrected chi connectivity index (χ1v) is 9.08. The van der Waals surface area contributed by atoms with Crippen LogP contribution in [0.5, 0.6) is 5.75 Å². The number of rotatable bonds is 12. The summed E-state index contributed by atoms with van der Waals surface area (Å²) >= 11 is 0. The number of nitrogens with zero attached hydrogens (tertiary/aromatic N) is 1. The van der Waals surface area contributed by atoms with Gasteiger partial charge in [-0.1, -0.05) is 18.2 Å². The van der Waals surface area contributed by atoms with Crippen molar-refractivity contribution < 1.29 is 17.7 Å². The molecule has 1 aromatic carbocycles. The molecule has 130 valence electrons. The summed E-state index contributed by atoms with van der Waals surface area (Å²) in [6, 6.07) is 7.10. The van der Waals surface area contributed by atoms with Gasteiger partial charge in [-0.2, -0.15) is 13.1 Å². The van der Waals surface area contributed by atoms with E-state index in [9.17, 15) is 8.42 Å². The van der Waals surface area contributed by atoms with Crippen LogP contribution in [0, 0.1) is 0 Å². The molecule has 0 radical (unpaired) electrons. The Kier molecular flexibility index (Phi) is 8.86. The number of likely N-dealkylation sites (N-methyl/N-ethyl adjacent to an activating group) is 1. The van der Waals surface area contributed by atoms with Gasteiger partial charge in [0.05, 0.1) is 6.61 Å². The van der Waals surface area contributed by atoms with Crippen molar-refractivity contribution in [2.24, 2.45) is 0 Å². The zero-order valence-electron chi connectivity index (χ0n) is 13.6. The van der Waals surface area contributed by atoms with Crippen molar-refractivity contribution in [1.82, 2.24) is 9.62 Å². The van der Waals surface area contributed by atoms with Crippen molar-refractivity contribution in [2.75, 3.05) is 26.7 Å². The molecule has 0 fully saturated rings. The quantitative estimate of drug-likeness (QED) is 0.346. The summed E-state index contributed by atoms with van der Waals surface area (Å²) in [5.41, 5.74) is 0.750. The van der Waals surface area contributed by atoms with E-state index in [0.29, 0.717) is 6.61 Å². The lowest BCUT2D eigenvalue weighted by Crippen LogP contribution is -2.21. The highest BCUT2D eigenvalue weighted by Crippen LogP contribution is 2.13. The van der Waals surface area contributed by atoms with E-state index in [4.69, 9.17) is 9.29 Å². The van der Waals surface area contributed by atoms with Crippen LogP contribution >= 0.6 is 0 Å². The number of benzene rings is 1. The first kappa shape index (κ1) is 19.6. The van der Waals surface area contributed by atoms with E-state index < -0.39 is 10.3 Å². The molecule has 0 aliphatic rings. The maximum Gasteiger partial charge on any atom is 0.333 e. The van der Waals surface area contributed by atoms with Crippen molar-refractivity contribution in [2.45, 2.75) is 25.8 Å². The molecule has 0 spiro atoms. The normalized spacial score (nSPS) is 11.6. The summed E-state index contributed by atoms with van der Waals surface area (Å²) < 4.78 is 37.5. The third-order valence-corrected chi connectivity index (χ3v) is 3.78. The highest BCUT2D eigenvalue weighted by Gasteiger charge is 2.03. The summed E-state index contributed by atoms with van der Waals surface area (Å²) in [4.78, 5) is 2.23. The average molecular weight is 342 g/mol. The first-order chi connectivity index (χ1) is 10.9.